The van der Waals surface area contributed by atoms with Crippen LogP contribution in [0.2, 0.25) is 0 Å². The number of anilines is 1. The van der Waals surface area contributed by atoms with Crippen LogP contribution in [0.25, 0.3) is 0 Å². The molecule has 108 valence electrons. The molecule has 0 amide bonds. The van der Waals surface area contributed by atoms with Crippen molar-refractivity contribution >= 4 is 5.82 Å². The number of rotatable bonds is 7. The van der Waals surface area contributed by atoms with E-state index in [0.29, 0.717) is 13.2 Å². The summed E-state index contributed by atoms with van der Waals surface area (Å²) in [5, 5.41) is 2.73. The second kappa shape index (κ2) is 7.25. The van der Waals surface area contributed by atoms with Crippen molar-refractivity contribution in [3.8, 4) is 0 Å². The number of halogens is 3. The molecule has 0 bridgehead atoms. The molecule has 0 unspecified atom stereocenters. The minimum Gasteiger partial charge on any atom is -0.365 e. The number of nitrogens with zero attached hydrogens (tertiary/aromatic N) is 2. The van der Waals surface area contributed by atoms with E-state index in [2.05, 4.69) is 15.3 Å². The van der Waals surface area contributed by atoms with Gasteiger partial charge in [-0.15, -0.1) is 0 Å². The lowest BCUT2D eigenvalue weighted by Crippen LogP contribution is -2.27. The lowest BCUT2D eigenvalue weighted by Gasteiger charge is -2.17. The molecular formula is C11H16F3N3O2. The largest absolute Gasteiger partial charge is 0.433 e. The topological polar surface area (TPSA) is 56.3 Å². The molecule has 1 aromatic rings. The fourth-order valence-corrected chi connectivity index (χ4v) is 1.33. The van der Waals surface area contributed by atoms with E-state index in [1.165, 1.54) is 0 Å². The van der Waals surface area contributed by atoms with E-state index in [9.17, 15) is 13.2 Å². The van der Waals surface area contributed by atoms with Gasteiger partial charge < -0.3 is 14.8 Å². The van der Waals surface area contributed by atoms with E-state index in [0.717, 1.165) is 12.4 Å². The van der Waals surface area contributed by atoms with E-state index in [1.54, 1.807) is 13.8 Å². The number of nitrogens with one attached hydrogen (secondary N) is 1. The van der Waals surface area contributed by atoms with Crippen molar-refractivity contribution in [1.29, 1.82) is 0 Å². The van der Waals surface area contributed by atoms with Gasteiger partial charge in [-0.05, 0) is 13.8 Å². The van der Waals surface area contributed by atoms with Crippen LogP contribution in [0.3, 0.4) is 0 Å². The van der Waals surface area contributed by atoms with Gasteiger partial charge >= 0.3 is 6.18 Å². The van der Waals surface area contributed by atoms with E-state index in [1.807, 2.05) is 0 Å². The summed E-state index contributed by atoms with van der Waals surface area (Å²) in [5.74, 6) is 0.0757. The summed E-state index contributed by atoms with van der Waals surface area (Å²) in [6.07, 6.45) is -4.15. The van der Waals surface area contributed by atoms with Gasteiger partial charge in [0.25, 0.3) is 0 Å². The minimum absolute atomic E-state index is 0.0757. The van der Waals surface area contributed by atoms with Crippen molar-refractivity contribution in [2.75, 3.05) is 25.1 Å². The molecule has 5 nitrogen and oxygen atoms in total. The SMILES string of the molecule is CCOC(CNc1cc(C(F)(F)F)ncn1)OCC. The van der Waals surface area contributed by atoms with Gasteiger partial charge in [-0.3, -0.25) is 0 Å². The van der Waals surface area contributed by atoms with Crippen molar-refractivity contribution in [3.63, 3.8) is 0 Å². The molecule has 0 saturated carbocycles. The molecule has 1 heterocycles. The predicted molar refractivity (Wildman–Crippen MR) is 62.6 cm³/mol. The maximum Gasteiger partial charge on any atom is 0.433 e. The molecular weight excluding hydrogens is 263 g/mol. The Balaban J connectivity index is 2.61. The Morgan fingerprint density at radius 3 is 2.37 bits per heavy atom. The summed E-state index contributed by atoms with van der Waals surface area (Å²) in [6.45, 7) is 4.71. The number of ether oxygens (including phenoxy) is 2. The molecule has 0 fully saturated rings. The first kappa shape index (κ1) is 15.6. The highest BCUT2D eigenvalue weighted by atomic mass is 19.4. The van der Waals surface area contributed by atoms with Crippen molar-refractivity contribution in [2.24, 2.45) is 0 Å². The van der Waals surface area contributed by atoms with Crippen molar-refractivity contribution in [1.82, 2.24) is 9.97 Å². The smallest absolute Gasteiger partial charge is 0.365 e. The molecule has 0 spiro atoms. The zero-order valence-corrected chi connectivity index (χ0v) is 10.7. The summed E-state index contributed by atoms with van der Waals surface area (Å²) >= 11 is 0. The monoisotopic (exact) mass is 279 g/mol. The van der Waals surface area contributed by atoms with Crippen molar-refractivity contribution in [2.45, 2.75) is 26.3 Å². The van der Waals surface area contributed by atoms with Crippen LogP contribution in [0.4, 0.5) is 19.0 Å². The summed E-state index contributed by atoms with van der Waals surface area (Å²) in [7, 11) is 0. The van der Waals surface area contributed by atoms with Crippen LogP contribution in [0.15, 0.2) is 12.4 Å². The van der Waals surface area contributed by atoms with Crippen LogP contribution in [-0.2, 0) is 15.7 Å². The van der Waals surface area contributed by atoms with Gasteiger partial charge in [0.1, 0.15) is 17.8 Å². The molecule has 0 aliphatic carbocycles. The average molecular weight is 279 g/mol. The van der Waals surface area contributed by atoms with Crippen molar-refractivity contribution in [3.05, 3.63) is 18.1 Å². The highest BCUT2D eigenvalue weighted by Gasteiger charge is 2.32. The third-order valence-electron chi connectivity index (χ3n) is 2.11. The number of aromatic nitrogens is 2. The fraction of sp³-hybridized carbons (Fsp3) is 0.636. The maximum absolute atomic E-state index is 12.4. The highest BCUT2D eigenvalue weighted by molar-refractivity contribution is 5.35. The van der Waals surface area contributed by atoms with Crippen LogP contribution in [0.5, 0.6) is 0 Å². The molecule has 1 N–H and O–H groups in total. The van der Waals surface area contributed by atoms with Gasteiger partial charge in [0, 0.05) is 19.3 Å². The Bertz CT molecular complexity index is 382. The molecule has 0 radical (unpaired) electrons. The number of hydrogen-bond donors (Lipinski definition) is 1. The summed E-state index contributed by atoms with van der Waals surface area (Å²) in [4.78, 5) is 6.88. The van der Waals surface area contributed by atoms with Crippen molar-refractivity contribution < 1.29 is 22.6 Å². The third kappa shape index (κ3) is 5.39. The standard InChI is InChI=1S/C11H16F3N3O2/c1-3-18-10(19-4-2)6-15-9-5-8(11(12,13)14)16-7-17-9/h5,7,10H,3-4,6H2,1-2H3,(H,15,16,17). The van der Waals surface area contributed by atoms with Gasteiger partial charge in [0.05, 0.1) is 6.54 Å². The summed E-state index contributed by atoms with van der Waals surface area (Å²) in [5.41, 5.74) is -0.991. The first-order valence-corrected chi connectivity index (χ1v) is 5.83. The van der Waals surface area contributed by atoms with E-state index in [-0.39, 0.29) is 12.4 Å². The first-order valence-electron chi connectivity index (χ1n) is 5.83. The number of alkyl halides is 3. The maximum atomic E-state index is 12.4. The Kier molecular flexibility index (Phi) is 5.97. The third-order valence-corrected chi connectivity index (χ3v) is 2.11. The van der Waals surface area contributed by atoms with E-state index >= 15 is 0 Å². The molecule has 1 aromatic heterocycles. The molecule has 0 aromatic carbocycles. The highest BCUT2D eigenvalue weighted by Crippen LogP contribution is 2.28. The second-order valence-electron chi connectivity index (χ2n) is 3.51. The Hall–Kier alpha value is -1.41. The lowest BCUT2D eigenvalue weighted by atomic mass is 10.4. The predicted octanol–water partition coefficient (Wildman–Crippen LogP) is 2.31. The minimum atomic E-state index is -4.49. The summed E-state index contributed by atoms with van der Waals surface area (Å²) in [6, 6.07) is 0.842. The van der Waals surface area contributed by atoms with Gasteiger partial charge in [-0.2, -0.15) is 13.2 Å². The van der Waals surface area contributed by atoms with Gasteiger partial charge in [0.15, 0.2) is 6.29 Å². The van der Waals surface area contributed by atoms with Crippen LogP contribution in [0.1, 0.15) is 19.5 Å². The normalized spacial score (nSPS) is 11.9. The van der Waals surface area contributed by atoms with Crippen LogP contribution < -0.4 is 5.32 Å². The number of hydrogen-bond acceptors (Lipinski definition) is 5. The molecule has 19 heavy (non-hydrogen) atoms. The quantitative estimate of drug-likeness (QED) is 0.776. The van der Waals surface area contributed by atoms with Gasteiger partial charge in [0.2, 0.25) is 0 Å². The summed E-state index contributed by atoms with van der Waals surface area (Å²) < 4.78 is 47.8. The second-order valence-corrected chi connectivity index (χ2v) is 3.51. The van der Waals surface area contributed by atoms with Gasteiger partial charge in [-0.25, -0.2) is 9.97 Å². The molecule has 0 saturated heterocycles. The molecule has 1 rings (SSSR count). The Morgan fingerprint density at radius 2 is 1.84 bits per heavy atom. The van der Waals surface area contributed by atoms with E-state index < -0.39 is 18.2 Å². The van der Waals surface area contributed by atoms with Crippen LogP contribution in [0, 0.1) is 0 Å². The molecule has 0 atom stereocenters. The zero-order chi connectivity index (χ0) is 14.3. The Labute approximate surface area is 109 Å². The molecule has 0 aliphatic heterocycles. The zero-order valence-electron chi connectivity index (χ0n) is 10.7. The first-order chi connectivity index (χ1) is 8.97. The van der Waals surface area contributed by atoms with Crippen LogP contribution in [-0.4, -0.2) is 36.0 Å². The Morgan fingerprint density at radius 1 is 1.21 bits per heavy atom. The fourth-order valence-electron chi connectivity index (χ4n) is 1.33. The van der Waals surface area contributed by atoms with Crippen LogP contribution >= 0.6 is 0 Å². The molecule has 0 aliphatic rings. The van der Waals surface area contributed by atoms with E-state index in [4.69, 9.17) is 9.47 Å². The average Bonchev–Trinajstić information content (AvgIpc) is 2.36. The lowest BCUT2D eigenvalue weighted by molar-refractivity contribution is -0.141. The van der Waals surface area contributed by atoms with Gasteiger partial charge in [-0.1, -0.05) is 0 Å². The molecule has 8 heteroatoms.